The van der Waals surface area contributed by atoms with Gasteiger partial charge in [0.2, 0.25) is 5.91 Å². The molecule has 12 heteroatoms. The molecule has 2 bridgehead atoms. The van der Waals surface area contributed by atoms with Crippen LogP contribution in [0.2, 0.25) is 0 Å². The molecule has 2 aromatic heterocycles. The van der Waals surface area contributed by atoms with Crippen LogP contribution in [-0.2, 0) is 34.0 Å². The van der Waals surface area contributed by atoms with Gasteiger partial charge in [-0.1, -0.05) is 6.07 Å². The van der Waals surface area contributed by atoms with Crippen molar-refractivity contribution in [3.63, 3.8) is 0 Å². The molecule has 3 aliphatic heterocycles. The van der Waals surface area contributed by atoms with E-state index in [4.69, 9.17) is 24.9 Å². The molecular formula is C26H38N6O6. The number of carbonyl (C=O) groups is 3. The maximum atomic E-state index is 13.1. The summed E-state index contributed by atoms with van der Waals surface area (Å²) >= 11 is 0. The van der Waals surface area contributed by atoms with Crippen LogP contribution in [0.1, 0.15) is 55.7 Å². The number of hydrogen-bond donors (Lipinski definition) is 3. The van der Waals surface area contributed by atoms with Crippen molar-refractivity contribution >= 4 is 17.8 Å². The first-order valence-corrected chi connectivity index (χ1v) is 12.8. The molecule has 3 aliphatic rings. The zero-order valence-electron chi connectivity index (χ0n) is 22.5. The number of carbonyl (C=O) groups excluding carboxylic acids is 1. The number of pyridine rings is 1. The van der Waals surface area contributed by atoms with Crippen LogP contribution in [0.3, 0.4) is 0 Å². The van der Waals surface area contributed by atoms with E-state index >= 15 is 0 Å². The van der Waals surface area contributed by atoms with E-state index in [0.29, 0.717) is 0 Å². The zero-order chi connectivity index (χ0) is 28.0. The highest BCUT2D eigenvalue weighted by Gasteiger charge is 2.44. The first-order valence-electron chi connectivity index (χ1n) is 12.8. The predicted molar refractivity (Wildman–Crippen MR) is 140 cm³/mol. The van der Waals surface area contributed by atoms with E-state index in [2.05, 4.69) is 21.0 Å². The molecule has 0 aromatic carbocycles. The highest BCUT2D eigenvalue weighted by molar-refractivity contribution is 5.80. The Balaban J connectivity index is 0.000000443. The standard InChI is InChI=1S/C22H30N6O2.2C2H4O2/c1-25(2)22(30)21-16-9-15(19-5-3-6-20(29)28(19)21)12-26(13-16)14-17-10-18-11-23-7-4-8-27(18)24-17;2*1-2(3)4/h3,5-6,10,15-16,21,23H,4,7-9,11-14H2,1-2H3;2*1H3,(H,3,4)/t15-,16+,21-;;/m1../s1. The molecule has 5 rings (SSSR count). The maximum Gasteiger partial charge on any atom is 0.300 e. The van der Waals surface area contributed by atoms with Crippen molar-refractivity contribution in [2.45, 2.75) is 58.3 Å². The van der Waals surface area contributed by atoms with Crippen molar-refractivity contribution in [3.05, 3.63) is 51.7 Å². The second-order valence-corrected chi connectivity index (χ2v) is 10.1. The summed E-state index contributed by atoms with van der Waals surface area (Å²) in [7, 11) is 3.55. The van der Waals surface area contributed by atoms with Crippen LogP contribution in [0.5, 0.6) is 0 Å². The lowest BCUT2D eigenvalue weighted by molar-refractivity contribution is -0.136. The Morgan fingerprint density at radius 2 is 1.82 bits per heavy atom. The van der Waals surface area contributed by atoms with Crippen molar-refractivity contribution in [2.24, 2.45) is 5.92 Å². The van der Waals surface area contributed by atoms with Crippen LogP contribution in [0.15, 0.2) is 29.1 Å². The Labute approximate surface area is 221 Å². The lowest BCUT2D eigenvalue weighted by atomic mass is 9.78. The van der Waals surface area contributed by atoms with Gasteiger partial charge in [-0.15, -0.1) is 0 Å². The van der Waals surface area contributed by atoms with Gasteiger partial charge in [0, 0.05) is 84.3 Å². The molecule has 1 fully saturated rings. The average Bonchev–Trinajstić information content (AvgIpc) is 3.06. The minimum Gasteiger partial charge on any atom is -0.481 e. The van der Waals surface area contributed by atoms with Crippen LogP contribution < -0.4 is 10.9 Å². The quantitative estimate of drug-likeness (QED) is 0.527. The number of carboxylic acids is 2. The Bertz CT molecular complexity index is 1160. The van der Waals surface area contributed by atoms with Gasteiger partial charge in [-0.2, -0.15) is 5.10 Å². The van der Waals surface area contributed by atoms with E-state index in [0.717, 1.165) is 77.3 Å². The van der Waals surface area contributed by atoms with Crippen molar-refractivity contribution < 1.29 is 24.6 Å². The number of likely N-dealkylation sites (tertiary alicyclic amines) is 1. The third kappa shape index (κ3) is 7.29. The number of piperidine rings is 1. The third-order valence-electron chi connectivity index (χ3n) is 6.75. The number of aliphatic carboxylic acids is 2. The number of likely N-dealkylation sites (N-methyl/N-ethyl adjacent to an activating group) is 1. The fourth-order valence-corrected chi connectivity index (χ4v) is 5.47. The van der Waals surface area contributed by atoms with Gasteiger partial charge in [-0.05, 0) is 31.5 Å². The number of rotatable bonds is 3. The number of carboxylic acid groups (broad SMARTS) is 2. The largest absolute Gasteiger partial charge is 0.481 e. The topological polar surface area (TPSA) is 150 Å². The molecule has 1 saturated heterocycles. The van der Waals surface area contributed by atoms with Crippen LogP contribution >= 0.6 is 0 Å². The number of nitrogens with zero attached hydrogens (tertiary/aromatic N) is 5. The first kappa shape index (κ1) is 29.1. The molecule has 38 heavy (non-hydrogen) atoms. The van der Waals surface area contributed by atoms with Crippen molar-refractivity contribution in [1.82, 2.24) is 29.5 Å². The summed E-state index contributed by atoms with van der Waals surface area (Å²) in [5, 5.41) is 23.1. The molecule has 1 amide bonds. The van der Waals surface area contributed by atoms with E-state index in [-0.39, 0.29) is 23.3 Å². The minimum absolute atomic E-state index is 0.00892. The first-order chi connectivity index (χ1) is 18.0. The molecule has 12 nitrogen and oxygen atoms in total. The summed E-state index contributed by atoms with van der Waals surface area (Å²) in [5.41, 5.74) is 3.27. The van der Waals surface area contributed by atoms with E-state index in [1.165, 1.54) is 5.69 Å². The van der Waals surface area contributed by atoms with Gasteiger partial charge >= 0.3 is 0 Å². The highest BCUT2D eigenvalue weighted by atomic mass is 16.4. The molecule has 0 unspecified atom stereocenters. The molecular weight excluding hydrogens is 492 g/mol. The van der Waals surface area contributed by atoms with E-state index in [1.54, 1.807) is 29.6 Å². The van der Waals surface area contributed by atoms with Gasteiger partial charge in [0.15, 0.2) is 0 Å². The number of amides is 1. The lowest BCUT2D eigenvalue weighted by Gasteiger charge is -2.46. The van der Waals surface area contributed by atoms with Gasteiger partial charge in [-0.3, -0.25) is 33.3 Å². The molecule has 5 heterocycles. The van der Waals surface area contributed by atoms with Crippen molar-refractivity contribution in [2.75, 3.05) is 33.7 Å². The van der Waals surface area contributed by atoms with E-state index < -0.39 is 18.0 Å². The van der Waals surface area contributed by atoms with Gasteiger partial charge in [-0.25, -0.2) is 0 Å². The van der Waals surface area contributed by atoms with Crippen LogP contribution in [-0.4, -0.2) is 85.9 Å². The second kappa shape index (κ2) is 12.8. The summed E-state index contributed by atoms with van der Waals surface area (Å²) in [5.74, 6) is -1.26. The molecule has 2 aromatic rings. The molecule has 0 radical (unpaired) electrons. The molecule has 0 saturated carbocycles. The molecule has 208 valence electrons. The van der Waals surface area contributed by atoms with Crippen LogP contribution in [0, 0.1) is 5.92 Å². The molecule has 3 atom stereocenters. The van der Waals surface area contributed by atoms with Crippen molar-refractivity contribution in [1.29, 1.82) is 0 Å². The van der Waals surface area contributed by atoms with Gasteiger partial charge in [0.1, 0.15) is 6.04 Å². The number of hydrogen-bond acceptors (Lipinski definition) is 7. The highest BCUT2D eigenvalue weighted by Crippen LogP contribution is 2.42. The number of nitrogens with one attached hydrogen (secondary N) is 1. The van der Waals surface area contributed by atoms with Gasteiger partial charge in [0.05, 0.1) is 11.4 Å². The number of fused-ring (bicyclic) bond motifs is 5. The number of aryl methyl sites for hydroxylation is 1. The summed E-state index contributed by atoms with van der Waals surface area (Å²) in [6, 6.07) is 7.20. The van der Waals surface area contributed by atoms with E-state index in [1.807, 2.05) is 12.1 Å². The molecule has 3 N–H and O–H groups in total. The number of aromatic nitrogens is 3. The predicted octanol–water partition coefficient (Wildman–Crippen LogP) is 0.969. The monoisotopic (exact) mass is 530 g/mol. The SMILES string of the molecule is CC(=O)O.CC(=O)O.CN(C)C(=O)[C@H]1[C@H]2C[C@H](CN(Cc3cc4n(n3)CCCNC4)C2)c2cccc(=O)n21. The summed E-state index contributed by atoms with van der Waals surface area (Å²) in [6.07, 6.45) is 2.05. The van der Waals surface area contributed by atoms with Crippen molar-refractivity contribution in [3.8, 4) is 0 Å². The van der Waals surface area contributed by atoms with E-state index in [9.17, 15) is 9.59 Å². The van der Waals surface area contributed by atoms with Crippen LogP contribution in [0.25, 0.3) is 0 Å². The molecule has 0 aliphatic carbocycles. The average molecular weight is 531 g/mol. The fourth-order valence-electron chi connectivity index (χ4n) is 5.47. The minimum atomic E-state index is -0.833. The normalized spacial score (nSPS) is 21.7. The Hall–Kier alpha value is -3.51. The Kier molecular flexibility index (Phi) is 9.81. The van der Waals surface area contributed by atoms with Gasteiger partial charge < -0.3 is 20.4 Å². The molecule has 0 spiro atoms. The lowest BCUT2D eigenvalue weighted by Crippen LogP contribution is -2.53. The zero-order valence-corrected chi connectivity index (χ0v) is 22.5. The fraction of sp³-hybridized carbons (Fsp3) is 0.577. The Morgan fingerprint density at radius 1 is 1.13 bits per heavy atom. The van der Waals surface area contributed by atoms with Crippen LogP contribution in [0.4, 0.5) is 0 Å². The van der Waals surface area contributed by atoms with Gasteiger partial charge in [0.25, 0.3) is 17.5 Å². The maximum absolute atomic E-state index is 13.1. The second-order valence-electron chi connectivity index (χ2n) is 10.1. The summed E-state index contributed by atoms with van der Waals surface area (Å²) < 4.78 is 3.90. The summed E-state index contributed by atoms with van der Waals surface area (Å²) in [6.45, 7) is 7.52. The third-order valence-corrected chi connectivity index (χ3v) is 6.75. The Morgan fingerprint density at radius 3 is 2.47 bits per heavy atom. The summed E-state index contributed by atoms with van der Waals surface area (Å²) in [4.78, 5) is 47.8. The smallest absolute Gasteiger partial charge is 0.300 e.